The Hall–Kier alpha value is -2.04. The largest absolute Gasteiger partial charge is 0.473 e. The highest BCUT2D eigenvalue weighted by Crippen LogP contribution is 2.59. The van der Waals surface area contributed by atoms with Crippen LogP contribution in [0.25, 0.3) is 0 Å². The van der Waals surface area contributed by atoms with Crippen LogP contribution < -0.4 is 16.2 Å². The van der Waals surface area contributed by atoms with E-state index >= 15 is 0 Å². The number of amidine groups is 1. The number of halogens is 1. The number of ether oxygens (including phenoxy) is 1. The molecule has 8 nitrogen and oxygen atoms in total. The molecule has 27 heavy (non-hydrogen) atoms. The summed E-state index contributed by atoms with van der Waals surface area (Å²) in [5.41, 5.74) is 11.2. The molecular weight excluding hydrogens is 373 g/mol. The van der Waals surface area contributed by atoms with Gasteiger partial charge in [0.1, 0.15) is 11.5 Å². The number of hydrogen-bond donors (Lipinski definition) is 3. The molecule has 1 spiro atoms. The van der Waals surface area contributed by atoms with Crippen LogP contribution in [-0.4, -0.2) is 49.8 Å². The lowest BCUT2D eigenvalue weighted by Gasteiger charge is -2.32. The van der Waals surface area contributed by atoms with Crippen molar-refractivity contribution in [2.45, 2.75) is 24.2 Å². The summed E-state index contributed by atoms with van der Waals surface area (Å²) in [6, 6.07) is 2.87. The number of sulfonamides is 1. The molecule has 2 fully saturated rings. The van der Waals surface area contributed by atoms with Crippen molar-refractivity contribution in [3.63, 3.8) is 0 Å². The van der Waals surface area contributed by atoms with Gasteiger partial charge in [-0.25, -0.2) is 17.8 Å². The Labute approximate surface area is 157 Å². The van der Waals surface area contributed by atoms with Crippen LogP contribution in [0.1, 0.15) is 19.3 Å². The molecule has 0 amide bonds. The summed E-state index contributed by atoms with van der Waals surface area (Å²) in [6.07, 6.45) is 3.93. The molecule has 1 aromatic heterocycles. The van der Waals surface area contributed by atoms with Gasteiger partial charge in [-0.05, 0) is 30.7 Å². The summed E-state index contributed by atoms with van der Waals surface area (Å²) in [4.78, 5) is 4.08. The minimum Gasteiger partial charge on any atom is -0.473 e. The number of nitrogens with zero attached hydrogens (tertiary/aromatic N) is 2. The Balaban J connectivity index is 1.61. The van der Waals surface area contributed by atoms with Crippen molar-refractivity contribution in [1.82, 2.24) is 9.29 Å². The van der Waals surface area contributed by atoms with E-state index in [1.165, 1.54) is 22.6 Å². The quantitative estimate of drug-likeness (QED) is 0.464. The standard InChI is InChI=1S/C17H24FN5O3S/c18-8-12(9-19)11-26-15-2-1-13(10-22-15)27(24,25)23-5-3-17(4-6-23)7-14(17)16(20)21/h1-2,8,10,14H,3-7,9,11,19H2,(H3,20,21)/b12-8-. The van der Waals surface area contributed by atoms with E-state index in [0.29, 0.717) is 32.3 Å². The van der Waals surface area contributed by atoms with Crippen LogP contribution >= 0.6 is 0 Å². The van der Waals surface area contributed by atoms with Crippen LogP contribution in [0.3, 0.4) is 0 Å². The van der Waals surface area contributed by atoms with E-state index in [1.807, 2.05) is 0 Å². The smallest absolute Gasteiger partial charge is 0.244 e. The van der Waals surface area contributed by atoms with Crippen molar-refractivity contribution in [2.75, 3.05) is 26.2 Å². The SMILES string of the molecule is N=C(N)C1CC12CCN(S(=O)(=O)c1ccc(OC/C(=C\F)CN)nc1)CC2. The topological polar surface area (TPSA) is 135 Å². The summed E-state index contributed by atoms with van der Waals surface area (Å²) in [5, 5.41) is 7.58. The van der Waals surface area contributed by atoms with Gasteiger partial charge in [0, 0.05) is 37.2 Å². The molecular formula is C17H24FN5O3S. The maximum Gasteiger partial charge on any atom is 0.244 e. The maximum absolute atomic E-state index is 12.8. The molecule has 0 bridgehead atoms. The predicted octanol–water partition coefficient (Wildman–Crippen LogP) is 0.999. The minimum atomic E-state index is -3.64. The van der Waals surface area contributed by atoms with Crippen LogP contribution in [0.2, 0.25) is 0 Å². The molecule has 2 aliphatic rings. The van der Waals surface area contributed by atoms with Gasteiger partial charge in [-0.15, -0.1) is 0 Å². The second-order valence-electron chi connectivity index (χ2n) is 7.07. The monoisotopic (exact) mass is 397 g/mol. The van der Waals surface area contributed by atoms with Gasteiger partial charge in [-0.1, -0.05) is 0 Å². The highest BCUT2D eigenvalue weighted by atomic mass is 32.2. The fourth-order valence-corrected chi connectivity index (χ4v) is 4.95. The molecule has 1 atom stereocenters. The van der Waals surface area contributed by atoms with Gasteiger partial charge in [0.25, 0.3) is 0 Å². The van der Waals surface area contributed by atoms with Crippen molar-refractivity contribution >= 4 is 15.9 Å². The first-order valence-corrected chi connectivity index (χ1v) is 10.2. The van der Waals surface area contributed by atoms with Crippen LogP contribution in [0, 0.1) is 16.7 Å². The molecule has 1 saturated heterocycles. The van der Waals surface area contributed by atoms with E-state index in [9.17, 15) is 12.8 Å². The molecule has 2 heterocycles. The van der Waals surface area contributed by atoms with Gasteiger partial charge in [0.2, 0.25) is 15.9 Å². The lowest BCUT2D eigenvalue weighted by molar-refractivity contribution is 0.250. The zero-order valence-electron chi connectivity index (χ0n) is 14.9. The number of nitrogens with two attached hydrogens (primary N) is 2. The molecule has 5 N–H and O–H groups in total. The van der Waals surface area contributed by atoms with Crippen LogP contribution in [0.5, 0.6) is 5.88 Å². The van der Waals surface area contributed by atoms with Crippen LogP contribution in [-0.2, 0) is 10.0 Å². The summed E-state index contributed by atoms with van der Waals surface area (Å²) in [6.45, 7) is 0.804. The van der Waals surface area contributed by atoms with Crippen molar-refractivity contribution in [3.8, 4) is 5.88 Å². The summed E-state index contributed by atoms with van der Waals surface area (Å²) in [5.74, 6) is 0.491. The average Bonchev–Trinajstić information content (AvgIpc) is 3.37. The Morgan fingerprint density at radius 1 is 1.44 bits per heavy atom. The third kappa shape index (κ3) is 3.97. The molecule has 148 valence electrons. The third-order valence-corrected chi connectivity index (χ3v) is 7.33. The molecule has 0 radical (unpaired) electrons. The Morgan fingerprint density at radius 3 is 2.63 bits per heavy atom. The van der Waals surface area contributed by atoms with Crippen molar-refractivity contribution in [2.24, 2.45) is 22.8 Å². The van der Waals surface area contributed by atoms with E-state index in [2.05, 4.69) is 4.98 Å². The van der Waals surface area contributed by atoms with Crippen molar-refractivity contribution < 1.29 is 17.5 Å². The molecule has 1 aliphatic carbocycles. The lowest BCUT2D eigenvalue weighted by atomic mass is 9.92. The fourth-order valence-electron chi connectivity index (χ4n) is 3.57. The van der Waals surface area contributed by atoms with E-state index in [-0.39, 0.29) is 46.7 Å². The normalized spacial score (nSPS) is 22.6. The van der Waals surface area contributed by atoms with Crippen LogP contribution in [0.15, 0.2) is 35.1 Å². The Kier molecular flexibility index (Phi) is 5.50. The number of piperidine rings is 1. The first kappa shape index (κ1) is 19.7. The molecule has 0 aromatic carbocycles. The van der Waals surface area contributed by atoms with Gasteiger partial charge in [-0.2, -0.15) is 4.31 Å². The molecule has 1 aromatic rings. The number of pyridine rings is 1. The Bertz CT molecular complexity index is 833. The van der Waals surface area contributed by atoms with Crippen molar-refractivity contribution in [1.29, 1.82) is 5.41 Å². The van der Waals surface area contributed by atoms with Gasteiger partial charge in [-0.3, -0.25) is 5.41 Å². The van der Waals surface area contributed by atoms with E-state index < -0.39 is 10.0 Å². The number of hydrogen-bond acceptors (Lipinski definition) is 6. The molecule has 10 heteroatoms. The van der Waals surface area contributed by atoms with Crippen LogP contribution in [0.4, 0.5) is 4.39 Å². The van der Waals surface area contributed by atoms with Gasteiger partial charge in [0.15, 0.2) is 0 Å². The predicted molar refractivity (Wildman–Crippen MR) is 98.4 cm³/mol. The molecule has 3 rings (SSSR count). The lowest BCUT2D eigenvalue weighted by Crippen LogP contribution is -2.40. The number of aromatic nitrogens is 1. The number of rotatable bonds is 7. The third-order valence-electron chi connectivity index (χ3n) is 5.45. The van der Waals surface area contributed by atoms with Gasteiger partial charge in [0.05, 0.1) is 18.4 Å². The van der Waals surface area contributed by atoms with Gasteiger partial charge < -0.3 is 16.2 Å². The van der Waals surface area contributed by atoms with Crippen molar-refractivity contribution in [3.05, 3.63) is 30.2 Å². The van der Waals surface area contributed by atoms with E-state index in [1.54, 1.807) is 0 Å². The second-order valence-corrected chi connectivity index (χ2v) is 9.01. The maximum atomic E-state index is 12.8. The average molecular weight is 397 g/mol. The minimum absolute atomic E-state index is 0.0123. The van der Waals surface area contributed by atoms with Gasteiger partial charge >= 0.3 is 0 Å². The van der Waals surface area contributed by atoms with E-state index in [0.717, 1.165) is 6.42 Å². The zero-order valence-corrected chi connectivity index (χ0v) is 15.7. The highest BCUT2D eigenvalue weighted by molar-refractivity contribution is 7.89. The summed E-state index contributed by atoms with van der Waals surface area (Å²) in [7, 11) is -3.64. The first-order valence-electron chi connectivity index (χ1n) is 8.73. The molecule has 1 unspecified atom stereocenters. The Morgan fingerprint density at radius 2 is 2.15 bits per heavy atom. The molecule has 1 aliphatic heterocycles. The molecule has 1 saturated carbocycles. The first-order chi connectivity index (χ1) is 12.8. The highest BCUT2D eigenvalue weighted by Gasteiger charge is 2.57. The van der Waals surface area contributed by atoms with E-state index in [4.69, 9.17) is 21.6 Å². The summed E-state index contributed by atoms with van der Waals surface area (Å²) >= 11 is 0. The second kappa shape index (κ2) is 7.53. The number of nitrogens with one attached hydrogen (secondary N) is 1. The fraction of sp³-hybridized carbons (Fsp3) is 0.529. The zero-order chi connectivity index (χ0) is 19.7. The summed E-state index contributed by atoms with van der Waals surface area (Å²) < 4.78 is 44.8.